The van der Waals surface area contributed by atoms with Gasteiger partial charge in [-0.15, -0.1) is 0 Å². The fourth-order valence-corrected chi connectivity index (χ4v) is 4.08. The monoisotopic (exact) mass is 343 g/mol. The highest BCUT2D eigenvalue weighted by Gasteiger charge is 2.30. The van der Waals surface area contributed by atoms with Crippen molar-refractivity contribution in [3.05, 3.63) is 41.9 Å². The molecule has 4 rings (SSSR count). The van der Waals surface area contributed by atoms with Gasteiger partial charge in [-0.25, -0.2) is 4.98 Å². The molecule has 0 bridgehead atoms. The smallest absolute Gasteiger partial charge is 0.289 e. The molecule has 0 N–H and O–H groups in total. The van der Waals surface area contributed by atoms with Crippen LogP contribution in [0, 0.1) is 6.92 Å². The molecule has 0 unspecified atom stereocenters. The third-order valence-electron chi connectivity index (χ3n) is 5.45. The van der Waals surface area contributed by atoms with E-state index in [0.717, 1.165) is 52.0 Å². The number of furan rings is 1. The summed E-state index contributed by atoms with van der Waals surface area (Å²) in [5, 5.41) is 0. The lowest BCUT2D eigenvalue weighted by molar-refractivity contribution is 0.0653. The number of carbonyl (C=O) groups excluding carboxylic acids is 1. The Morgan fingerprint density at radius 3 is 2.64 bits per heavy atom. The molecule has 2 aliphatic heterocycles. The van der Waals surface area contributed by atoms with E-state index in [2.05, 4.69) is 11.5 Å². The number of hydrogen-bond acceptors (Lipinski definition) is 4. The lowest BCUT2D eigenvalue weighted by Crippen LogP contribution is -2.39. The molecule has 2 aliphatic rings. The second-order valence-corrected chi connectivity index (χ2v) is 7.02. The lowest BCUT2D eigenvalue weighted by atomic mass is 9.97. The van der Waals surface area contributed by atoms with Crippen LogP contribution in [0.2, 0.25) is 0 Å². The van der Waals surface area contributed by atoms with Crippen LogP contribution in [0.5, 0.6) is 0 Å². The van der Waals surface area contributed by atoms with Crippen molar-refractivity contribution in [1.82, 2.24) is 14.5 Å². The Morgan fingerprint density at radius 2 is 1.96 bits per heavy atom. The Labute approximate surface area is 147 Å². The van der Waals surface area contributed by atoms with E-state index in [1.807, 2.05) is 11.1 Å². The number of piperidine rings is 1. The first-order valence-electron chi connectivity index (χ1n) is 9.18. The van der Waals surface area contributed by atoms with Gasteiger partial charge in [0, 0.05) is 50.2 Å². The number of aromatic nitrogens is 2. The van der Waals surface area contributed by atoms with Crippen LogP contribution >= 0.6 is 0 Å². The first-order valence-corrected chi connectivity index (χ1v) is 9.18. The summed E-state index contributed by atoms with van der Waals surface area (Å²) in [6.07, 6.45) is 7.55. The summed E-state index contributed by atoms with van der Waals surface area (Å²) < 4.78 is 13.2. The molecule has 0 radical (unpaired) electrons. The summed E-state index contributed by atoms with van der Waals surface area (Å²) in [5.74, 6) is 2.12. The standard InChI is InChI=1S/C19H25N3O3/c1-14-13-20-18(15-6-11-24-12-7-15)22(14)16-4-8-21(9-5-16)19(23)17-3-2-10-25-17/h2-3,10,13,15-16H,4-9,11-12H2,1H3. The first-order chi connectivity index (χ1) is 12.2. The van der Waals surface area contributed by atoms with Crippen molar-refractivity contribution in [2.24, 2.45) is 0 Å². The molecule has 0 aliphatic carbocycles. The Bertz CT molecular complexity index is 708. The molecule has 6 nitrogen and oxygen atoms in total. The van der Waals surface area contributed by atoms with E-state index in [4.69, 9.17) is 14.1 Å². The highest BCUT2D eigenvalue weighted by atomic mass is 16.5. The van der Waals surface area contributed by atoms with Crippen molar-refractivity contribution in [2.75, 3.05) is 26.3 Å². The molecule has 1 amide bonds. The van der Waals surface area contributed by atoms with Crippen LogP contribution in [0.25, 0.3) is 0 Å². The molecule has 2 aromatic rings. The molecule has 0 spiro atoms. The minimum absolute atomic E-state index is 0.00421. The van der Waals surface area contributed by atoms with E-state index in [0.29, 0.717) is 17.7 Å². The van der Waals surface area contributed by atoms with Gasteiger partial charge in [0.2, 0.25) is 0 Å². The molecule has 0 saturated carbocycles. The minimum atomic E-state index is -0.00421. The number of likely N-dealkylation sites (tertiary alicyclic amines) is 1. The number of imidazole rings is 1. The van der Waals surface area contributed by atoms with Gasteiger partial charge in [0.1, 0.15) is 5.82 Å². The molecule has 2 fully saturated rings. The highest BCUT2D eigenvalue weighted by Crippen LogP contribution is 2.32. The molecule has 134 valence electrons. The number of amides is 1. The van der Waals surface area contributed by atoms with Gasteiger partial charge in [0.05, 0.1) is 6.26 Å². The highest BCUT2D eigenvalue weighted by molar-refractivity contribution is 5.91. The van der Waals surface area contributed by atoms with Gasteiger partial charge in [-0.3, -0.25) is 4.79 Å². The average molecular weight is 343 g/mol. The zero-order valence-corrected chi connectivity index (χ0v) is 14.7. The average Bonchev–Trinajstić information content (AvgIpc) is 3.32. The van der Waals surface area contributed by atoms with Gasteiger partial charge in [-0.1, -0.05) is 0 Å². The number of carbonyl (C=O) groups is 1. The van der Waals surface area contributed by atoms with Crippen LogP contribution in [0.1, 0.15) is 59.7 Å². The lowest BCUT2D eigenvalue weighted by Gasteiger charge is -2.34. The molecule has 4 heterocycles. The maximum absolute atomic E-state index is 12.4. The Hall–Kier alpha value is -2.08. The topological polar surface area (TPSA) is 60.5 Å². The van der Waals surface area contributed by atoms with Crippen molar-refractivity contribution in [1.29, 1.82) is 0 Å². The normalized spacial score (nSPS) is 20.1. The number of hydrogen-bond donors (Lipinski definition) is 0. The predicted octanol–water partition coefficient (Wildman–Crippen LogP) is 3.16. The first kappa shape index (κ1) is 16.4. The maximum Gasteiger partial charge on any atom is 0.289 e. The summed E-state index contributed by atoms with van der Waals surface area (Å²) in [4.78, 5) is 19.1. The second kappa shape index (κ2) is 7.04. The van der Waals surface area contributed by atoms with Crippen LogP contribution in [-0.4, -0.2) is 46.7 Å². The van der Waals surface area contributed by atoms with E-state index in [9.17, 15) is 4.79 Å². The molecule has 2 aromatic heterocycles. The quantitative estimate of drug-likeness (QED) is 0.859. The number of ether oxygens (including phenoxy) is 1. The van der Waals surface area contributed by atoms with Gasteiger partial charge in [-0.2, -0.15) is 0 Å². The Morgan fingerprint density at radius 1 is 1.20 bits per heavy atom. The molecular formula is C19H25N3O3. The van der Waals surface area contributed by atoms with Crippen LogP contribution in [0.3, 0.4) is 0 Å². The van der Waals surface area contributed by atoms with Gasteiger partial charge < -0.3 is 18.6 Å². The zero-order valence-electron chi connectivity index (χ0n) is 14.7. The Balaban J connectivity index is 1.46. The van der Waals surface area contributed by atoms with Crippen LogP contribution in [-0.2, 0) is 4.74 Å². The molecule has 25 heavy (non-hydrogen) atoms. The van der Waals surface area contributed by atoms with Crippen LogP contribution < -0.4 is 0 Å². The van der Waals surface area contributed by atoms with Crippen molar-refractivity contribution in [3.8, 4) is 0 Å². The third-order valence-corrected chi connectivity index (χ3v) is 5.45. The van der Waals surface area contributed by atoms with E-state index >= 15 is 0 Å². The van der Waals surface area contributed by atoms with Gasteiger partial charge in [0.25, 0.3) is 5.91 Å². The van der Waals surface area contributed by atoms with Gasteiger partial charge >= 0.3 is 0 Å². The van der Waals surface area contributed by atoms with Crippen LogP contribution in [0.4, 0.5) is 0 Å². The fourth-order valence-electron chi connectivity index (χ4n) is 4.08. The summed E-state index contributed by atoms with van der Waals surface area (Å²) >= 11 is 0. The number of nitrogens with zero attached hydrogens (tertiary/aromatic N) is 3. The van der Waals surface area contributed by atoms with Crippen LogP contribution in [0.15, 0.2) is 29.0 Å². The predicted molar refractivity (Wildman–Crippen MR) is 92.6 cm³/mol. The largest absolute Gasteiger partial charge is 0.459 e. The molecular weight excluding hydrogens is 318 g/mol. The third kappa shape index (κ3) is 3.23. The minimum Gasteiger partial charge on any atom is -0.459 e. The summed E-state index contributed by atoms with van der Waals surface area (Å²) in [5.41, 5.74) is 1.22. The second-order valence-electron chi connectivity index (χ2n) is 7.02. The summed E-state index contributed by atoms with van der Waals surface area (Å²) in [6, 6.07) is 3.91. The van der Waals surface area contributed by atoms with E-state index in [1.165, 1.54) is 11.5 Å². The number of rotatable bonds is 3. The Kier molecular flexibility index (Phi) is 4.61. The summed E-state index contributed by atoms with van der Waals surface area (Å²) in [6.45, 7) is 5.31. The molecule has 0 aromatic carbocycles. The zero-order chi connectivity index (χ0) is 17.2. The summed E-state index contributed by atoms with van der Waals surface area (Å²) in [7, 11) is 0. The van der Waals surface area contributed by atoms with Gasteiger partial charge in [-0.05, 0) is 44.7 Å². The molecule has 2 saturated heterocycles. The molecule has 6 heteroatoms. The van der Waals surface area contributed by atoms with E-state index < -0.39 is 0 Å². The van der Waals surface area contributed by atoms with Crippen molar-refractivity contribution in [2.45, 2.75) is 44.6 Å². The molecule has 0 atom stereocenters. The van der Waals surface area contributed by atoms with Gasteiger partial charge in [0.15, 0.2) is 5.76 Å². The SMILES string of the molecule is Cc1cnc(C2CCOCC2)n1C1CCN(C(=O)c2ccco2)CC1. The number of aryl methyl sites for hydroxylation is 1. The van der Waals surface area contributed by atoms with Crippen molar-refractivity contribution in [3.63, 3.8) is 0 Å². The van der Waals surface area contributed by atoms with Crippen molar-refractivity contribution < 1.29 is 13.9 Å². The van der Waals surface area contributed by atoms with E-state index in [-0.39, 0.29) is 5.91 Å². The van der Waals surface area contributed by atoms with Crippen molar-refractivity contribution >= 4 is 5.91 Å². The maximum atomic E-state index is 12.4. The fraction of sp³-hybridized carbons (Fsp3) is 0.579. The van der Waals surface area contributed by atoms with E-state index in [1.54, 1.807) is 18.4 Å².